The molecule has 17 heavy (non-hydrogen) atoms. The van der Waals surface area contributed by atoms with Gasteiger partial charge < -0.3 is 14.9 Å². The van der Waals surface area contributed by atoms with E-state index < -0.39 is 18.2 Å². The number of hydrogen-bond acceptors (Lipinski definition) is 5. The first kappa shape index (κ1) is 13.7. The first-order valence-corrected chi connectivity index (χ1v) is 5.62. The molecular formula is C11H18N2O4. The molecule has 0 radical (unpaired) electrons. The number of hydrogen-bond donors (Lipinski definition) is 2. The van der Waals surface area contributed by atoms with Crippen LogP contribution in [-0.4, -0.2) is 38.7 Å². The van der Waals surface area contributed by atoms with Gasteiger partial charge >= 0.3 is 5.97 Å². The fourth-order valence-corrected chi connectivity index (χ4v) is 1.43. The second-order valence-corrected chi connectivity index (χ2v) is 3.65. The lowest BCUT2D eigenvalue weighted by Gasteiger charge is -2.15. The van der Waals surface area contributed by atoms with Gasteiger partial charge in [0, 0.05) is 18.3 Å². The molecule has 1 aromatic rings. The molecule has 0 saturated heterocycles. The minimum Gasteiger partial charge on any atom is -0.466 e. The Morgan fingerprint density at radius 3 is 2.76 bits per heavy atom. The van der Waals surface area contributed by atoms with Crippen LogP contribution in [0, 0.1) is 0 Å². The Morgan fingerprint density at radius 1 is 1.53 bits per heavy atom. The fourth-order valence-electron chi connectivity index (χ4n) is 1.43. The number of carbonyl (C=O) groups is 1. The van der Waals surface area contributed by atoms with E-state index in [4.69, 9.17) is 4.74 Å². The molecule has 0 aromatic carbocycles. The number of nitrogens with zero attached hydrogens (tertiary/aromatic N) is 2. The van der Waals surface area contributed by atoms with Crippen LogP contribution < -0.4 is 0 Å². The van der Waals surface area contributed by atoms with Gasteiger partial charge in [0.25, 0.3) is 0 Å². The third-order valence-corrected chi connectivity index (χ3v) is 2.36. The molecule has 0 aliphatic carbocycles. The van der Waals surface area contributed by atoms with Gasteiger partial charge in [0.1, 0.15) is 6.10 Å². The maximum Gasteiger partial charge on any atom is 0.308 e. The number of esters is 1. The van der Waals surface area contributed by atoms with E-state index in [1.54, 1.807) is 17.8 Å². The molecule has 2 unspecified atom stereocenters. The van der Waals surface area contributed by atoms with Gasteiger partial charge in [0.05, 0.1) is 25.3 Å². The van der Waals surface area contributed by atoms with Crippen LogP contribution in [-0.2, 0) is 16.1 Å². The summed E-state index contributed by atoms with van der Waals surface area (Å²) in [6.07, 6.45) is 0.580. The smallest absolute Gasteiger partial charge is 0.308 e. The zero-order valence-electron chi connectivity index (χ0n) is 10.0. The maximum atomic E-state index is 11.1. The van der Waals surface area contributed by atoms with Crippen LogP contribution in [0.4, 0.5) is 0 Å². The SMILES string of the molecule is CCOC(=O)CC(O)C(O)c1cnn(CC)c1. The van der Waals surface area contributed by atoms with Crippen LogP contribution in [0.1, 0.15) is 31.9 Å². The van der Waals surface area contributed by atoms with Gasteiger partial charge in [0.2, 0.25) is 0 Å². The second-order valence-electron chi connectivity index (χ2n) is 3.65. The Hall–Kier alpha value is -1.40. The Bertz CT molecular complexity index is 364. The first-order chi connectivity index (χ1) is 8.08. The zero-order valence-corrected chi connectivity index (χ0v) is 10.0. The Labute approximate surface area is 99.8 Å². The van der Waals surface area contributed by atoms with Crippen LogP contribution in [0.15, 0.2) is 12.4 Å². The molecule has 1 aromatic heterocycles. The van der Waals surface area contributed by atoms with Crippen molar-refractivity contribution in [2.75, 3.05) is 6.61 Å². The summed E-state index contributed by atoms with van der Waals surface area (Å²) in [4.78, 5) is 11.1. The Balaban J connectivity index is 2.56. The van der Waals surface area contributed by atoms with Crippen molar-refractivity contribution in [2.45, 2.75) is 39.0 Å². The highest BCUT2D eigenvalue weighted by Crippen LogP contribution is 2.18. The van der Waals surface area contributed by atoms with Gasteiger partial charge in [-0.3, -0.25) is 9.48 Å². The van der Waals surface area contributed by atoms with Crippen molar-refractivity contribution in [3.8, 4) is 0 Å². The topological polar surface area (TPSA) is 84.6 Å². The highest BCUT2D eigenvalue weighted by atomic mass is 16.5. The molecule has 0 aliphatic heterocycles. The molecular weight excluding hydrogens is 224 g/mol. The van der Waals surface area contributed by atoms with E-state index in [2.05, 4.69) is 5.10 Å². The average Bonchev–Trinajstić information content (AvgIpc) is 2.76. The fraction of sp³-hybridized carbons (Fsp3) is 0.636. The zero-order chi connectivity index (χ0) is 12.8. The van der Waals surface area contributed by atoms with E-state index in [1.807, 2.05) is 6.92 Å². The molecule has 1 heterocycles. The lowest BCUT2D eigenvalue weighted by atomic mass is 10.1. The molecule has 1 rings (SSSR count). The highest BCUT2D eigenvalue weighted by Gasteiger charge is 2.23. The number of aromatic nitrogens is 2. The minimum absolute atomic E-state index is 0.230. The van der Waals surface area contributed by atoms with Crippen molar-refractivity contribution in [3.05, 3.63) is 18.0 Å². The van der Waals surface area contributed by atoms with Crippen molar-refractivity contribution in [1.29, 1.82) is 0 Å². The molecule has 0 amide bonds. The summed E-state index contributed by atoms with van der Waals surface area (Å²) < 4.78 is 6.33. The van der Waals surface area contributed by atoms with Crippen LogP contribution in [0.2, 0.25) is 0 Å². The highest BCUT2D eigenvalue weighted by molar-refractivity contribution is 5.70. The lowest BCUT2D eigenvalue weighted by Crippen LogP contribution is -2.22. The van der Waals surface area contributed by atoms with Gasteiger partial charge in [0.15, 0.2) is 0 Å². The monoisotopic (exact) mass is 242 g/mol. The molecule has 0 saturated carbocycles. The van der Waals surface area contributed by atoms with Crippen LogP contribution in [0.5, 0.6) is 0 Å². The molecule has 0 bridgehead atoms. The normalized spacial score (nSPS) is 14.4. The first-order valence-electron chi connectivity index (χ1n) is 5.62. The van der Waals surface area contributed by atoms with Crippen molar-refractivity contribution in [3.63, 3.8) is 0 Å². The third-order valence-electron chi connectivity index (χ3n) is 2.36. The van der Waals surface area contributed by atoms with Gasteiger partial charge in [-0.15, -0.1) is 0 Å². The van der Waals surface area contributed by atoms with E-state index in [9.17, 15) is 15.0 Å². The molecule has 0 spiro atoms. The van der Waals surface area contributed by atoms with E-state index in [-0.39, 0.29) is 13.0 Å². The second kappa shape index (κ2) is 6.36. The van der Waals surface area contributed by atoms with Crippen molar-refractivity contribution in [2.24, 2.45) is 0 Å². The van der Waals surface area contributed by atoms with Crippen LogP contribution in [0.25, 0.3) is 0 Å². The van der Waals surface area contributed by atoms with Crippen LogP contribution in [0.3, 0.4) is 0 Å². The van der Waals surface area contributed by atoms with Crippen LogP contribution >= 0.6 is 0 Å². The molecule has 96 valence electrons. The standard InChI is InChI=1S/C11H18N2O4/c1-3-13-7-8(6-12-13)11(16)9(14)5-10(15)17-4-2/h6-7,9,11,14,16H,3-5H2,1-2H3. The molecule has 2 atom stereocenters. The summed E-state index contributed by atoms with van der Waals surface area (Å²) in [5.41, 5.74) is 0.489. The largest absolute Gasteiger partial charge is 0.466 e. The van der Waals surface area contributed by atoms with E-state index >= 15 is 0 Å². The number of carbonyl (C=O) groups excluding carboxylic acids is 1. The number of aliphatic hydroxyl groups is 2. The number of rotatable bonds is 6. The quantitative estimate of drug-likeness (QED) is 0.698. The van der Waals surface area contributed by atoms with Crippen molar-refractivity contribution < 1.29 is 19.7 Å². The molecule has 6 heteroatoms. The third kappa shape index (κ3) is 3.83. The summed E-state index contributed by atoms with van der Waals surface area (Å²) in [5.74, 6) is -0.526. The van der Waals surface area contributed by atoms with Gasteiger partial charge in [-0.2, -0.15) is 5.10 Å². The minimum atomic E-state index is -1.18. The number of aliphatic hydroxyl groups excluding tert-OH is 2. The molecule has 0 aliphatic rings. The number of aryl methyl sites for hydroxylation is 1. The van der Waals surface area contributed by atoms with Crippen molar-refractivity contribution in [1.82, 2.24) is 9.78 Å². The summed E-state index contributed by atoms with van der Waals surface area (Å²) >= 11 is 0. The summed E-state index contributed by atoms with van der Waals surface area (Å²) in [6, 6.07) is 0. The van der Waals surface area contributed by atoms with Crippen molar-refractivity contribution >= 4 is 5.97 Å². The summed E-state index contributed by atoms with van der Waals surface area (Å²) in [5, 5.41) is 23.4. The average molecular weight is 242 g/mol. The lowest BCUT2D eigenvalue weighted by molar-refractivity contribution is -0.147. The van der Waals surface area contributed by atoms with E-state index in [0.717, 1.165) is 0 Å². The van der Waals surface area contributed by atoms with Gasteiger partial charge in [-0.05, 0) is 13.8 Å². The van der Waals surface area contributed by atoms with Gasteiger partial charge in [-0.1, -0.05) is 0 Å². The molecule has 0 fully saturated rings. The number of ether oxygens (including phenoxy) is 1. The summed E-state index contributed by atoms with van der Waals surface area (Å²) in [6.45, 7) is 4.54. The predicted molar refractivity (Wildman–Crippen MR) is 60.1 cm³/mol. The van der Waals surface area contributed by atoms with E-state index in [1.165, 1.54) is 6.20 Å². The van der Waals surface area contributed by atoms with E-state index in [0.29, 0.717) is 12.1 Å². The maximum absolute atomic E-state index is 11.1. The predicted octanol–water partition coefficient (Wildman–Crippen LogP) is 0.250. The molecule has 6 nitrogen and oxygen atoms in total. The molecule has 2 N–H and O–H groups in total. The summed E-state index contributed by atoms with van der Waals surface area (Å²) in [7, 11) is 0. The Kier molecular flexibility index (Phi) is 5.11. The van der Waals surface area contributed by atoms with Gasteiger partial charge in [-0.25, -0.2) is 0 Å². The Morgan fingerprint density at radius 2 is 2.24 bits per heavy atom.